The van der Waals surface area contributed by atoms with Gasteiger partial charge in [0.05, 0.1) is 25.4 Å². The second-order valence-electron chi connectivity index (χ2n) is 2.87. The third-order valence-corrected chi connectivity index (χ3v) is 1.58. The lowest BCUT2D eigenvalue weighted by Gasteiger charge is -2.00. The highest BCUT2D eigenvalue weighted by atomic mass is 16.5. The van der Waals surface area contributed by atoms with Crippen LogP contribution in [-0.2, 0) is 4.74 Å². The van der Waals surface area contributed by atoms with Crippen LogP contribution in [0, 0.1) is 0 Å². The molecule has 1 rings (SSSR count). The highest BCUT2D eigenvalue weighted by molar-refractivity contribution is 4.58. The van der Waals surface area contributed by atoms with Gasteiger partial charge < -0.3 is 25.2 Å². The van der Waals surface area contributed by atoms with E-state index in [-0.39, 0.29) is 25.7 Å². The van der Waals surface area contributed by atoms with Crippen molar-refractivity contribution in [3.8, 4) is 0 Å². The number of hydrogen-bond donors (Lipinski definition) is 4. The molecule has 0 saturated carbocycles. The van der Waals surface area contributed by atoms with E-state index in [1.807, 2.05) is 0 Å². The summed E-state index contributed by atoms with van der Waals surface area (Å²) in [5.41, 5.74) is 0. The molecule has 13 heavy (non-hydrogen) atoms. The maximum Gasteiger partial charge on any atom is 0.0795 e. The van der Waals surface area contributed by atoms with Crippen molar-refractivity contribution in [2.45, 2.75) is 25.0 Å². The molecule has 1 aliphatic rings. The van der Waals surface area contributed by atoms with Gasteiger partial charge in [-0.3, -0.25) is 0 Å². The topological polar surface area (TPSA) is 90.2 Å². The molecule has 80 valence electrons. The molecule has 0 bridgehead atoms. The molecule has 1 aliphatic heterocycles. The zero-order valence-corrected chi connectivity index (χ0v) is 7.59. The summed E-state index contributed by atoms with van der Waals surface area (Å²) in [6.07, 6.45) is 0.159. The summed E-state index contributed by atoms with van der Waals surface area (Å²) in [6.45, 7) is 0.948. The highest BCUT2D eigenvalue weighted by Crippen LogP contribution is 2.00. The molecule has 0 aromatic heterocycles. The summed E-state index contributed by atoms with van der Waals surface area (Å²) in [4.78, 5) is 0. The number of hydrogen-bond acceptors (Lipinski definition) is 5. The first-order chi connectivity index (χ1) is 6.20. The predicted octanol–water partition coefficient (Wildman–Crippen LogP) is -1.51. The lowest BCUT2D eigenvalue weighted by atomic mass is 10.3. The van der Waals surface area contributed by atoms with Gasteiger partial charge in [-0.2, -0.15) is 0 Å². The molecular weight excluding hydrogens is 176 g/mol. The van der Waals surface area contributed by atoms with Crippen LogP contribution in [0.5, 0.6) is 0 Å². The van der Waals surface area contributed by atoms with Crippen molar-refractivity contribution in [2.75, 3.05) is 26.4 Å². The van der Waals surface area contributed by atoms with Crippen LogP contribution in [0.25, 0.3) is 0 Å². The summed E-state index contributed by atoms with van der Waals surface area (Å²) in [5.74, 6) is 0. The van der Waals surface area contributed by atoms with Gasteiger partial charge in [-0.05, 0) is 12.8 Å². The zero-order chi connectivity index (χ0) is 10.1. The van der Waals surface area contributed by atoms with E-state index >= 15 is 0 Å². The van der Waals surface area contributed by atoms with E-state index in [0.29, 0.717) is 6.61 Å². The van der Waals surface area contributed by atoms with Gasteiger partial charge in [0.2, 0.25) is 0 Å². The minimum Gasteiger partial charge on any atom is -0.396 e. The van der Waals surface area contributed by atoms with Gasteiger partial charge in [-0.15, -0.1) is 0 Å². The Morgan fingerprint density at radius 2 is 2.08 bits per heavy atom. The van der Waals surface area contributed by atoms with E-state index in [0.717, 1.165) is 13.0 Å². The summed E-state index contributed by atoms with van der Waals surface area (Å²) < 4.78 is 4.81. The molecule has 0 aromatic rings. The van der Waals surface area contributed by atoms with Crippen LogP contribution < -0.4 is 0 Å². The molecule has 5 nitrogen and oxygen atoms in total. The predicted molar refractivity (Wildman–Crippen MR) is 46.2 cm³/mol. The molecule has 0 radical (unpaired) electrons. The number of rotatable bonds is 3. The highest BCUT2D eigenvalue weighted by Gasteiger charge is 2.09. The van der Waals surface area contributed by atoms with Crippen molar-refractivity contribution in [1.29, 1.82) is 0 Å². The second kappa shape index (κ2) is 8.40. The Morgan fingerprint density at radius 1 is 1.38 bits per heavy atom. The molecule has 1 fully saturated rings. The van der Waals surface area contributed by atoms with Gasteiger partial charge in [-0.25, -0.2) is 0 Å². The van der Waals surface area contributed by atoms with Crippen molar-refractivity contribution in [1.82, 2.24) is 0 Å². The van der Waals surface area contributed by atoms with Gasteiger partial charge in [-0.1, -0.05) is 0 Å². The standard InChI is InChI=1S/C4H10O3.C4H8O2/c5-2-1-4(7)3-6;5-4-1-2-6-3-4/h4-7H,1-3H2;4-5H,1-3H2. The van der Waals surface area contributed by atoms with Crippen LogP contribution in [0.15, 0.2) is 0 Å². The number of ether oxygens (including phenoxy) is 1. The smallest absolute Gasteiger partial charge is 0.0795 e. The van der Waals surface area contributed by atoms with Gasteiger partial charge in [0, 0.05) is 13.2 Å². The molecule has 0 aliphatic carbocycles. The van der Waals surface area contributed by atoms with Crippen molar-refractivity contribution < 1.29 is 25.2 Å². The Labute approximate surface area is 77.6 Å². The van der Waals surface area contributed by atoms with Crippen molar-refractivity contribution in [2.24, 2.45) is 0 Å². The van der Waals surface area contributed by atoms with Gasteiger partial charge in [0.1, 0.15) is 0 Å². The fourth-order valence-corrected chi connectivity index (χ4v) is 0.762. The Balaban J connectivity index is 0.000000223. The summed E-state index contributed by atoms with van der Waals surface area (Å²) >= 11 is 0. The van der Waals surface area contributed by atoms with E-state index in [1.54, 1.807) is 0 Å². The van der Waals surface area contributed by atoms with Crippen LogP contribution >= 0.6 is 0 Å². The fraction of sp³-hybridized carbons (Fsp3) is 1.00. The average molecular weight is 194 g/mol. The maximum atomic E-state index is 8.60. The first-order valence-corrected chi connectivity index (χ1v) is 4.36. The molecule has 4 N–H and O–H groups in total. The normalized spacial score (nSPS) is 23.5. The van der Waals surface area contributed by atoms with E-state index in [2.05, 4.69) is 0 Å². The molecule has 0 amide bonds. The van der Waals surface area contributed by atoms with E-state index in [9.17, 15) is 0 Å². The lowest BCUT2D eigenvalue weighted by Crippen LogP contribution is -2.12. The van der Waals surface area contributed by atoms with Crippen LogP contribution in [0.4, 0.5) is 0 Å². The molecule has 2 unspecified atom stereocenters. The van der Waals surface area contributed by atoms with Gasteiger partial charge >= 0.3 is 0 Å². The maximum absolute atomic E-state index is 8.60. The monoisotopic (exact) mass is 194 g/mol. The summed E-state index contributed by atoms with van der Waals surface area (Å²) in [5, 5.41) is 33.3. The van der Waals surface area contributed by atoms with E-state index < -0.39 is 6.10 Å². The molecule has 1 heterocycles. The average Bonchev–Trinajstić information content (AvgIpc) is 2.57. The second-order valence-corrected chi connectivity index (χ2v) is 2.87. The molecule has 0 aromatic carbocycles. The first kappa shape index (κ1) is 12.8. The molecular formula is C8H18O5. The molecule has 2 atom stereocenters. The Kier molecular flexibility index (Phi) is 8.27. The first-order valence-electron chi connectivity index (χ1n) is 4.36. The van der Waals surface area contributed by atoms with E-state index in [1.165, 1.54) is 0 Å². The fourth-order valence-electron chi connectivity index (χ4n) is 0.762. The van der Waals surface area contributed by atoms with Crippen molar-refractivity contribution in [3.05, 3.63) is 0 Å². The number of aliphatic hydroxyl groups excluding tert-OH is 4. The van der Waals surface area contributed by atoms with Crippen molar-refractivity contribution in [3.63, 3.8) is 0 Å². The molecule has 5 heteroatoms. The Bertz CT molecular complexity index is 103. The van der Waals surface area contributed by atoms with Crippen LogP contribution in [0.3, 0.4) is 0 Å². The lowest BCUT2D eigenvalue weighted by molar-refractivity contribution is 0.0721. The minimum absolute atomic E-state index is 0.0677. The third-order valence-electron chi connectivity index (χ3n) is 1.58. The zero-order valence-electron chi connectivity index (χ0n) is 7.59. The van der Waals surface area contributed by atoms with Gasteiger partial charge in [0.15, 0.2) is 0 Å². The molecule has 1 saturated heterocycles. The quantitative estimate of drug-likeness (QED) is 0.438. The summed E-state index contributed by atoms with van der Waals surface area (Å²) in [6, 6.07) is 0. The van der Waals surface area contributed by atoms with Crippen molar-refractivity contribution >= 4 is 0 Å². The van der Waals surface area contributed by atoms with Crippen LogP contribution in [-0.4, -0.2) is 59.1 Å². The minimum atomic E-state index is -0.745. The summed E-state index contributed by atoms with van der Waals surface area (Å²) in [7, 11) is 0. The van der Waals surface area contributed by atoms with Crippen LogP contribution in [0.1, 0.15) is 12.8 Å². The van der Waals surface area contributed by atoms with Gasteiger partial charge in [0.25, 0.3) is 0 Å². The van der Waals surface area contributed by atoms with Crippen LogP contribution in [0.2, 0.25) is 0 Å². The third kappa shape index (κ3) is 8.14. The number of aliphatic hydroxyl groups is 4. The van der Waals surface area contributed by atoms with E-state index in [4.69, 9.17) is 25.2 Å². The Morgan fingerprint density at radius 3 is 2.23 bits per heavy atom. The SMILES string of the molecule is OC1CCOC1.OCCC(O)CO. The molecule has 0 spiro atoms. The largest absolute Gasteiger partial charge is 0.396 e. The Hall–Kier alpha value is -0.200.